The van der Waals surface area contributed by atoms with Crippen LogP contribution in [0.4, 0.5) is 4.79 Å². The van der Waals surface area contributed by atoms with Crippen molar-refractivity contribution < 1.29 is 19.0 Å². The van der Waals surface area contributed by atoms with Gasteiger partial charge >= 0.3 is 6.09 Å². The Hall–Kier alpha value is -1.63. The van der Waals surface area contributed by atoms with Crippen LogP contribution in [0.5, 0.6) is 0 Å². The van der Waals surface area contributed by atoms with Gasteiger partial charge in [0.1, 0.15) is 6.61 Å². The van der Waals surface area contributed by atoms with Gasteiger partial charge in [0.2, 0.25) is 0 Å². The molecule has 24 heavy (non-hydrogen) atoms. The van der Waals surface area contributed by atoms with Crippen molar-refractivity contribution in [2.24, 2.45) is 0 Å². The first kappa shape index (κ1) is 18.7. The second kappa shape index (κ2) is 11.0. The highest BCUT2D eigenvalue weighted by Crippen LogP contribution is 2.20. The van der Waals surface area contributed by atoms with Crippen LogP contribution in [0.2, 0.25) is 0 Å². The van der Waals surface area contributed by atoms with Gasteiger partial charge in [-0.2, -0.15) is 0 Å². The third-order valence-corrected chi connectivity index (χ3v) is 4.00. The predicted octanol–water partition coefficient (Wildman–Crippen LogP) is 2.09. The van der Waals surface area contributed by atoms with Gasteiger partial charge in [0, 0.05) is 25.8 Å². The van der Waals surface area contributed by atoms with Crippen LogP contribution >= 0.6 is 0 Å². The van der Waals surface area contributed by atoms with Gasteiger partial charge in [-0.15, -0.1) is 0 Å². The second-order valence-electron chi connectivity index (χ2n) is 5.98. The molecule has 6 heteroatoms. The van der Waals surface area contributed by atoms with E-state index in [1.165, 1.54) is 0 Å². The predicted molar refractivity (Wildman–Crippen MR) is 91.9 cm³/mol. The zero-order valence-corrected chi connectivity index (χ0v) is 14.3. The molecule has 2 rings (SSSR count). The van der Waals surface area contributed by atoms with Gasteiger partial charge in [-0.3, -0.25) is 0 Å². The molecule has 1 aliphatic rings. The number of methoxy groups -OCH3 is 1. The van der Waals surface area contributed by atoms with Crippen molar-refractivity contribution in [3.63, 3.8) is 0 Å². The minimum Gasteiger partial charge on any atom is -0.445 e. The van der Waals surface area contributed by atoms with Crippen LogP contribution in [0.25, 0.3) is 0 Å². The first-order valence-electron chi connectivity index (χ1n) is 8.55. The van der Waals surface area contributed by atoms with E-state index in [1.54, 1.807) is 7.11 Å². The van der Waals surface area contributed by atoms with Crippen LogP contribution in [0.3, 0.4) is 0 Å². The first-order chi connectivity index (χ1) is 11.8. The Labute approximate surface area is 143 Å². The normalized spacial score (nSPS) is 19.5. The smallest absolute Gasteiger partial charge is 0.407 e. The van der Waals surface area contributed by atoms with E-state index < -0.39 is 0 Å². The number of carbonyl (C=O) groups excluding carboxylic acids is 1. The van der Waals surface area contributed by atoms with Gasteiger partial charge in [0.05, 0.1) is 13.2 Å². The maximum absolute atomic E-state index is 11.7. The molecule has 1 aliphatic carbocycles. The van der Waals surface area contributed by atoms with E-state index in [-0.39, 0.29) is 12.1 Å². The number of nitrogens with one attached hydrogen (secondary N) is 2. The Morgan fingerprint density at radius 3 is 2.67 bits per heavy atom. The van der Waals surface area contributed by atoms with Crippen molar-refractivity contribution in [3.05, 3.63) is 35.9 Å². The fourth-order valence-electron chi connectivity index (χ4n) is 2.56. The van der Waals surface area contributed by atoms with E-state index in [4.69, 9.17) is 14.2 Å². The molecular weight excluding hydrogens is 308 g/mol. The Morgan fingerprint density at radius 1 is 1.12 bits per heavy atom. The number of hydrogen-bond donors (Lipinski definition) is 2. The molecule has 0 aromatic heterocycles. The Bertz CT molecular complexity index is 463. The largest absolute Gasteiger partial charge is 0.445 e. The molecule has 0 unspecified atom stereocenters. The van der Waals surface area contributed by atoms with Crippen LogP contribution in [-0.2, 0) is 20.8 Å². The van der Waals surface area contributed by atoms with E-state index >= 15 is 0 Å². The highest BCUT2D eigenvalue weighted by molar-refractivity contribution is 5.67. The van der Waals surface area contributed by atoms with Crippen molar-refractivity contribution in [3.8, 4) is 0 Å². The molecule has 0 radical (unpaired) electrons. The molecule has 1 saturated carbocycles. The Kier molecular flexibility index (Phi) is 8.59. The molecule has 0 aliphatic heterocycles. The van der Waals surface area contributed by atoms with Crippen LogP contribution in [0, 0.1) is 0 Å². The van der Waals surface area contributed by atoms with E-state index in [2.05, 4.69) is 10.6 Å². The number of rotatable bonds is 11. The molecule has 0 saturated heterocycles. The molecule has 0 atom stereocenters. The van der Waals surface area contributed by atoms with Crippen molar-refractivity contribution >= 4 is 6.09 Å². The Morgan fingerprint density at radius 2 is 1.92 bits per heavy atom. The zero-order chi connectivity index (χ0) is 17.0. The summed E-state index contributed by atoms with van der Waals surface area (Å²) in [6, 6.07) is 10.4. The van der Waals surface area contributed by atoms with Crippen molar-refractivity contribution in [1.82, 2.24) is 10.6 Å². The first-order valence-corrected chi connectivity index (χ1v) is 8.55. The molecular formula is C18H28N2O4. The van der Waals surface area contributed by atoms with E-state index in [0.717, 1.165) is 38.0 Å². The highest BCUT2D eigenvalue weighted by atomic mass is 16.5. The third-order valence-electron chi connectivity index (χ3n) is 4.00. The molecule has 0 bridgehead atoms. The minimum atomic E-state index is -0.339. The summed E-state index contributed by atoms with van der Waals surface area (Å²) in [4.78, 5) is 11.7. The average molecular weight is 336 g/mol. The standard InChI is InChI=1S/C18H28N2O4/c1-22-10-11-23-9-5-8-19-16-12-17(13-16)20-18(21)24-14-15-6-3-2-4-7-15/h2-4,6-7,16-17,19H,5,8-14H2,1H3,(H,20,21). The SMILES string of the molecule is COCCOCCCNC1CC(NC(=O)OCc2ccccc2)C1. The summed E-state index contributed by atoms with van der Waals surface area (Å²) in [6.45, 7) is 3.28. The third kappa shape index (κ3) is 7.29. The summed E-state index contributed by atoms with van der Waals surface area (Å²) in [6.07, 6.45) is 2.54. The van der Waals surface area contributed by atoms with Gasteiger partial charge in [-0.25, -0.2) is 4.79 Å². The number of amides is 1. The second-order valence-corrected chi connectivity index (χ2v) is 5.98. The lowest BCUT2D eigenvalue weighted by molar-refractivity contribution is 0.0686. The van der Waals surface area contributed by atoms with Crippen LogP contribution < -0.4 is 10.6 Å². The van der Waals surface area contributed by atoms with E-state index in [0.29, 0.717) is 25.9 Å². The maximum atomic E-state index is 11.7. The number of carbonyl (C=O) groups is 1. The van der Waals surface area contributed by atoms with Crippen molar-refractivity contribution in [2.75, 3.05) is 33.5 Å². The Balaban J connectivity index is 1.44. The summed E-state index contributed by atoms with van der Waals surface area (Å²) in [7, 11) is 1.67. The van der Waals surface area contributed by atoms with Crippen LogP contribution in [0.15, 0.2) is 30.3 Å². The molecule has 0 heterocycles. The number of benzene rings is 1. The van der Waals surface area contributed by atoms with Gasteiger partial charge in [0.15, 0.2) is 0 Å². The number of ether oxygens (including phenoxy) is 3. The molecule has 1 aromatic carbocycles. The minimum absolute atomic E-state index is 0.212. The fraction of sp³-hybridized carbons (Fsp3) is 0.611. The molecule has 2 N–H and O–H groups in total. The van der Waals surface area contributed by atoms with Gasteiger partial charge < -0.3 is 24.8 Å². The monoisotopic (exact) mass is 336 g/mol. The highest BCUT2D eigenvalue weighted by Gasteiger charge is 2.30. The number of alkyl carbamates (subject to hydrolysis) is 1. The van der Waals surface area contributed by atoms with Gasteiger partial charge in [-0.1, -0.05) is 30.3 Å². The topological polar surface area (TPSA) is 68.8 Å². The van der Waals surface area contributed by atoms with Crippen LogP contribution in [-0.4, -0.2) is 51.7 Å². The molecule has 134 valence electrons. The fourth-order valence-corrected chi connectivity index (χ4v) is 2.56. The van der Waals surface area contributed by atoms with Crippen molar-refractivity contribution in [2.45, 2.75) is 38.0 Å². The van der Waals surface area contributed by atoms with E-state index in [1.807, 2.05) is 30.3 Å². The zero-order valence-electron chi connectivity index (χ0n) is 14.3. The lowest BCUT2D eigenvalue weighted by Gasteiger charge is -2.36. The maximum Gasteiger partial charge on any atom is 0.407 e. The summed E-state index contributed by atoms with van der Waals surface area (Å²) < 4.78 is 15.5. The van der Waals surface area contributed by atoms with Crippen LogP contribution in [0.1, 0.15) is 24.8 Å². The quantitative estimate of drug-likeness (QED) is 0.606. The van der Waals surface area contributed by atoms with Crippen molar-refractivity contribution in [1.29, 1.82) is 0 Å². The average Bonchev–Trinajstić information content (AvgIpc) is 2.57. The lowest BCUT2D eigenvalue weighted by atomic mass is 9.87. The molecule has 0 spiro atoms. The summed E-state index contributed by atoms with van der Waals surface area (Å²) in [5.41, 5.74) is 0.994. The summed E-state index contributed by atoms with van der Waals surface area (Å²) in [5.74, 6) is 0. The molecule has 1 fully saturated rings. The number of hydrogen-bond acceptors (Lipinski definition) is 5. The summed E-state index contributed by atoms with van der Waals surface area (Å²) in [5, 5.41) is 6.37. The molecule has 1 aromatic rings. The van der Waals surface area contributed by atoms with Gasteiger partial charge in [0.25, 0.3) is 0 Å². The lowest BCUT2D eigenvalue weighted by Crippen LogP contribution is -2.52. The van der Waals surface area contributed by atoms with Gasteiger partial charge in [-0.05, 0) is 31.4 Å². The summed E-state index contributed by atoms with van der Waals surface area (Å²) >= 11 is 0. The molecule has 1 amide bonds. The molecule has 6 nitrogen and oxygen atoms in total. The van der Waals surface area contributed by atoms with E-state index in [9.17, 15) is 4.79 Å².